The summed E-state index contributed by atoms with van der Waals surface area (Å²) in [5.41, 5.74) is 0.651. The molecule has 0 saturated heterocycles. The fourth-order valence-corrected chi connectivity index (χ4v) is 8.39. The molecule has 0 bridgehead atoms. The topological polar surface area (TPSA) is 244 Å². The quantitative estimate of drug-likeness (QED) is 0.0522. The highest BCUT2D eigenvalue weighted by Gasteiger charge is 2.23. The van der Waals surface area contributed by atoms with Gasteiger partial charge in [-0.1, -0.05) is 24.3 Å². The zero-order valence-electron chi connectivity index (χ0n) is 32.6. The summed E-state index contributed by atoms with van der Waals surface area (Å²) in [5.74, 6) is -2.52. The second kappa shape index (κ2) is 18.5. The Morgan fingerprint density at radius 1 is 0.452 bits per heavy atom. The highest BCUT2D eigenvalue weighted by Crippen LogP contribution is 2.30. The van der Waals surface area contributed by atoms with Crippen molar-refractivity contribution in [1.82, 2.24) is 0 Å². The minimum absolute atomic E-state index is 0.0284. The summed E-state index contributed by atoms with van der Waals surface area (Å²) in [6.45, 7) is 0. The summed E-state index contributed by atoms with van der Waals surface area (Å²) in [4.78, 5) is 48.4. The van der Waals surface area contributed by atoms with E-state index in [-0.39, 0.29) is 65.9 Å². The predicted molar refractivity (Wildman–Crippen MR) is 232 cm³/mol. The van der Waals surface area contributed by atoms with Gasteiger partial charge in [-0.3, -0.25) is 19.0 Å². The molecule has 6 N–H and O–H groups in total. The number of nitrogens with one attached hydrogen (secondary N) is 4. The van der Waals surface area contributed by atoms with Gasteiger partial charge in [0.25, 0.3) is 31.9 Å². The van der Waals surface area contributed by atoms with Crippen molar-refractivity contribution in [1.29, 1.82) is 0 Å². The zero-order chi connectivity index (χ0) is 44.6. The molecule has 0 saturated carbocycles. The molecule has 0 aliphatic heterocycles. The van der Waals surface area contributed by atoms with Crippen molar-refractivity contribution in [3.05, 3.63) is 167 Å². The van der Waals surface area contributed by atoms with Crippen LogP contribution in [0.3, 0.4) is 0 Å². The van der Waals surface area contributed by atoms with E-state index in [1.54, 1.807) is 24.3 Å². The van der Waals surface area contributed by atoms with E-state index in [0.29, 0.717) is 11.5 Å². The van der Waals surface area contributed by atoms with Crippen LogP contribution in [0, 0.1) is 0 Å². The Bertz CT molecular complexity index is 2720. The third-order valence-corrected chi connectivity index (χ3v) is 11.9. The first kappa shape index (κ1) is 43.6. The molecule has 6 aromatic carbocycles. The molecule has 0 fully saturated rings. The average molecular weight is 877 g/mol. The third-order valence-electron chi connectivity index (χ3n) is 9.04. The van der Waals surface area contributed by atoms with Crippen LogP contribution in [0.2, 0.25) is 0 Å². The number of rotatable bonds is 16. The van der Waals surface area contributed by atoms with E-state index in [4.69, 9.17) is 9.47 Å². The molecule has 0 aliphatic rings. The van der Waals surface area contributed by atoms with Gasteiger partial charge in [0.05, 0.1) is 35.1 Å². The number of anilines is 4. The number of carbonyl (C=O) groups is 4. The number of methoxy groups -OCH3 is 2. The van der Waals surface area contributed by atoms with Crippen LogP contribution in [0.1, 0.15) is 52.6 Å². The summed E-state index contributed by atoms with van der Waals surface area (Å²) in [5, 5.41) is 24.0. The van der Waals surface area contributed by atoms with Crippen molar-refractivity contribution < 1.29 is 55.7 Å². The van der Waals surface area contributed by atoms with E-state index in [0.717, 1.165) is 0 Å². The van der Waals surface area contributed by atoms with Crippen LogP contribution in [0.4, 0.5) is 22.7 Å². The Hall–Kier alpha value is -7.96. The SMILES string of the molecule is COc1ccc(C(=O)Nc2ccc(/C=C/c3ccc(NC(=O)c4ccc(OC)cc4)cc3S(=O)(=O)Nc3ccc(C(=O)O)cc3)c(S(=O)(=O)Nc3ccc(C(=O)O)cc3)c2)cc1. The molecule has 2 amide bonds. The maximum atomic E-state index is 14.0. The first-order valence-electron chi connectivity index (χ1n) is 18.1. The Kier molecular flexibility index (Phi) is 13.0. The molecule has 0 radical (unpaired) electrons. The average Bonchev–Trinajstić information content (AvgIpc) is 3.26. The monoisotopic (exact) mass is 876 g/mol. The van der Waals surface area contributed by atoms with Crippen molar-refractivity contribution in [2.24, 2.45) is 0 Å². The van der Waals surface area contributed by atoms with Gasteiger partial charge in [-0.15, -0.1) is 0 Å². The maximum absolute atomic E-state index is 14.0. The third kappa shape index (κ3) is 10.6. The van der Waals surface area contributed by atoms with E-state index in [2.05, 4.69) is 20.1 Å². The van der Waals surface area contributed by atoms with Crippen LogP contribution in [0.5, 0.6) is 11.5 Å². The summed E-state index contributed by atoms with van der Waals surface area (Å²) in [6.07, 6.45) is 2.67. The Morgan fingerprint density at radius 2 is 0.758 bits per heavy atom. The second-order valence-electron chi connectivity index (χ2n) is 13.2. The molecule has 18 heteroatoms. The minimum atomic E-state index is -4.50. The predicted octanol–water partition coefficient (Wildman–Crippen LogP) is 7.38. The summed E-state index contributed by atoms with van der Waals surface area (Å²) < 4.78 is 71.3. The van der Waals surface area contributed by atoms with Crippen molar-refractivity contribution in [3.8, 4) is 11.5 Å². The molecule has 0 atom stereocenters. The van der Waals surface area contributed by atoms with Crippen LogP contribution in [-0.4, -0.2) is 65.0 Å². The highest BCUT2D eigenvalue weighted by atomic mass is 32.2. The van der Waals surface area contributed by atoms with Crippen molar-refractivity contribution >= 4 is 78.7 Å². The molecule has 0 aliphatic carbocycles. The largest absolute Gasteiger partial charge is 0.497 e. The Balaban J connectivity index is 1.40. The number of carboxylic acids is 2. The Morgan fingerprint density at radius 3 is 1.06 bits per heavy atom. The van der Waals surface area contributed by atoms with Crippen LogP contribution in [-0.2, 0) is 20.0 Å². The number of hydrogen-bond acceptors (Lipinski definition) is 10. The number of benzene rings is 6. The number of hydrogen-bond donors (Lipinski definition) is 6. The van der Waals surface area contributed by atoms with Gasteiger partial charge in [0.1, 0.15) is 11.5 Å². The van der Waals surface area contributed by atoms with Crippen molar-refractivity contribution in [2.75, 3.05) is 34.3 Å². The van der Waals surface area contributed by atoms with E-state index in [9.17, 15) is 46.2 Å². The van der Waals surface area contributed by atoms with Gasteiger partial charge < -0.3 is 30.3 Å². The summed E-state index contributed by atoms with van der Waals surface area (Å²) >= 11 is 0. The van der Waals surface area contributed by atoms with Gasteiger partial charge in [-0.05, 0) is 132 Å². The smallest absolute Gasteiger partial charge is 0.335 e. The number of carbonyl (C=O) groups excluding carboxylic acids is 2. The van der Waals surface area contributed by atoms with Gasteiger partial charge in [0.2, 0.25) is 0 Å². The second-order valence-corrected chi connectivity index (χ2v) is 16.5. The van der Waals surface area contributed by atoms with Gasteiger partial charge in [0.15, 0.2) is 0 Å². The van der Waals surface area contributed by atoms with Crippen LogP contribution in [0.25, 0.3) is 12.2 Å². The molecule has 16 nitrogen and oxygen atoms in total. The number of carboxylic acid groups (broad SMARTS) is 2. The van der Waals surface area contributed by atoms with E-state index < -0.39 is 43.8 Å². The molecule has 0 aromatic heterocycles. The molecule has 0 spiro atoms. The standard InChI is InChI=1S/C44H36N4O12S2/c1-59-37-21-11-29(12-22-37)41(49)45-35-19-5-27(39(25-35)61(55,56)47-33-15-7-31(8-16-33)43(51)52)3-4-28-6-20-36(46-42(50)30-13-23-38(60-2)24-14-30)26-40(28)62(57,58)48-34-17-9-32(10-18-34)44(53)54/h3-26,47-48H,1-2H3,(H,45,49)(H,46,50)(H,51,52)(H,53,54)/b4-3+. The lowest BCUT2D eigenvalue weighted by Gasteiger charge is -2.15. The fraction of sp³-hybridized carbons (Fsp3) is 0.0455. The van der Waals surface area contributed by atoms with Crippen molar-refractivity contribution in [2.45, 2.75) is 9.79 Å². The van der Waals surface area contributed by atoms with Gasteiger partial charge in [-0.25, -0.2) is 26.4 Å². The summed E-state index contributed by atoms with van der Waals surface area (Å²) in [7, 11) is -6.05. The number of aromatic carboxylic acids is 2. The van der Waals surface area contributed by atoms with Gasteiger partial charge >= 0.3 is 11.9 Å². The lowest BCUT2D eigenvalue weighted by Crippen LogP contribution is -2.17. The number of ether oxygens (including phenoxy) is 2. The minimum Gasteiger partial charge on any atom is -0.497 e. The number of amides is 2. The number of sulfonamides is 2. The fourth-order valence-electron chi connectivity index (χ4n) is 5.82. The lowest BCUT2D eigenvalue weighted by atomic mass is 10.1. The molecule has 62 heavy (non-hydrogen) atoms. The molecule has 0 heterocycles. The van der Waals surface area contributed by atoms with Crippen molar-refractivity contribution in [3.63, 3.8) is 0 Å². The zero-order valence-corrected chi connectivity index (χ0v) is 34.3. The van der Waals surface area contributed by atoms with Crippen LogP contribution < -0.4 is 29.6 Å². The van der Waals surface area contributed by atoms with Gasteiger partial charge in [0, 0.05) is 33.9 Å². The van der Waals surface area contributed by atoms with E-state index in [1.165, 1.54) is 136 Å². The molecular formula is C44H36N4O12S2. The normalized spacial score (nSPS) is 11.3. The molecular weight excluding hydrogens is 841 g/mol. The molecule has 316 valence electrons. The highest BCUT2D eigenvalue weighted by molar-refractivity contribution is 7.93. The maximum Gasteiger partial charge on any atom is 0.335 e. The van der Waals surface area contributed by atoms with E-state index >= 15 is 0 Å². The lowest BCUT2D eigenvalue weighted by molar-refractivity contribution is 0.0686. The Labute approximate surface area is 355 Å². The molecule has 0 unspecified atom stereocenters. The molecule has 6 rings (SSSR count). The van der Waals surface area contributed by atoms with E-state index in [1.807, 2.05) is 0 Å². The van der Waals surface area contributed by atoms with Crippen LogP contribution in [0.15, 0.2) is 143 Å². The van der Waals surface area contributed by atoms with Gasteiger partial charge in [-0.2, -0.15) is 0 Å². The first-order chi connectivity index (χ1) is 29.5. The summed E-state index contributed by atoms with van der Waals surface area (Å²) in [6, 6.07) is 30.4. The molecule has 6 aromatic rings. The first-order valence-corrected chi connectivity index (χ1v) is 21.1. The van der Waals surface area contributed by atoms with Crippen LogP contribution >= 0.6 is 0 Å².